The standard InChI is InChI=1S/C12H15N3O2S/c1-8(18-2)6-7-15-10-5-3-4-9(12(16)17)11(10)13-14-15/h3-5,8H,6-7H2,1-2H3,(H,16,17). The smallest absolute Gasteiger partial charge is 0.338 e. The van der Waals surface area contributed by atoms with Gasteiger partial charge in [-0.2, -0.15) is 11.8 Å². The van der Waals surface area contributed by atoms with E-state index < -0.39 is 5.97 Å². The zero-order chi connectivity index (χ0) is 13.1. The second-order valence-electron chi connectivity index (χ2n) is 4.13. The van der Waals surface area contributed by atoms with Crippen molar-refractivity contribution in [1.29, 1.82) is 0 Å². The Balaban J connectivity index is 2.31. The van der Waals surface area contributed by atoms with Crippen LogP contribution in [0.5, 0.6) is 0 Å². The van der Waals surface area contributed by atoms with Crippen LogP contribution in [0.1, 0.15) is 23.7 Å². The van der Waals surface area contributed by atoms with Gasteiger partial charge >= 0.3 is 5.97 Å². The third-order valence-corrected chi connectivity index (χ3v) is 3.97. The molecule has 1 heterocycles. The van der Waals surface area contributed by atoms with Crippen molar-refractivity contribution < 1.29 is 9.90 Å². The van der Waals surface area contributed by atoms with E-state index in [1.54, 1.807) is 28.6 Å². The van der Waals surface area contributed by atoms with Crippen LogP contribution < -0.4 is 0 Å². The van der Waals surface area contributed by atoms with Crippen molar-refractivity contribution in [2.75, 3.05) is 6.26 Å². The van der Waals surface area contributed by atoms with Gasteiger partial charge in [0.2, 0.25) is 0 Å². The number of aromatic nitrogens is 3. The molecule has 0 aliphatic rings. The van der Waals surface area contributed by atoms with Gasteiger partial charge in [-0.3, -0.25) is 0 Å². The van der Waals surface area contributed by atoms with Gasteiger partial charge in [-0.25, -0.2) is 9.48 Å². The Kier molecular flexibility index (Phi) is 3.86. The maximum atomic E-state index is 11.1. The number of fused-ring (bicyclic) bond motifs is 1. The number of aromatic carboxylic acids is 1. The molecule has 5 nitrogen and oxygen atoms in total. The van der Waals surface area contributed by atoms with E-state index in [-0.39, 0.29) is 5.56 Å². The number of carboxylic acids is 1. The first-order chi connectivity index (χ1) is 8.63. The van der Waals surface area contributed by atoms with Crippen LogP contribution in [0.3, 0.4) is 0 Å². The maximum absolute atomic E-state index is 11.1. The molecule has 0 radical (unpaired) electrons. The monoisotopic (exact) mass is 265 g/mol. The molecule has 96 valence electrons. The van der Waals surface area contributed by atoms with E-state index in [0.717, 1.165) is 18.5 Å². The summed E-state index contributed by atoms with van der Waals surface area (Å²) >= 11 is 1.80. The molecule has 0 amide bonds. The van der Waals surface area contributed by atoms with E-state index in [0.29, 0.717) is 10.8 Å². The van der Waals surface area contributed by atoms with Gasteiger partial charge < -0.3 is 5.11 Å². The number of carbonyl (C=O) groups is 1. The van der Waals surface area contributed by atoms with E-state index in [2.05, 4.69) is 23.5 Å². The molecule has 1 aromatic carbocycles. The van der Waals surface area contributed by atoms with E-state index in [4.69, 9.17) is 5.11 Å². The summed E-state index contributed by atoms with van der Waals surface area (Å²) in [6, 6.07) is 5.13. The molecule has 0 saturated heterocycles. The molecule has 1 unspecified atom stereocenters. The predicted octanol–water partition coefficient (Wildman–Crippen LogP) is 2.27. The third kappa shape index (κ3) is 2.48. The molecule has 0 bridgehead atoms. The number of aryl methyl sites for hydroxylation is 1. The average Bonchev–Trinajstić information content (AvgIpc) is 2.78. The van der Waals surface area contributed by atoms with E-state index in [1.165, 1.54) is 0 Å². The quantitative estimate of drug-likeness (QED) is 0.898. The van der Waals surface area contributed by atoms with Gasteiger partial charge in [-0.15, -0.1) is 5.10 Å². The van der Waals surface area contributed by atoms with Gasteiger partial charge in [-0.05, 0) is 24.8 Å². The van der Waals surface area contributed by atoms with Crippen LogP contribution in [0.15, 0.2) is 18.2 Å². The molecule has 0 saturated carbocycles. The summed E-state index contributed by atoms with van der Waals surface area (Å²) in [5, 5.41) is 17.6. The molecule has 1 aromatic heterocycles. The Bertz CT molecular complexity index is 567. The summed E-state index contributed by atoms with van der Waals surface area (Å²) in [6.45, 7) is 2.91. The summed E-state index contributed by atoms with van der Waals surface area (Å²) < 4.78 is 1.77. The van der Waals surface area contributed by atoms with Crippen LogP contribution in [0, 0.1) is 0 Å². The number of carboxylic acid groups (broad SMARTS) is 1. The fraction of sp³-hybridized carbons (Fsp3) is 0.417. The van der Waals surface area contributed by atoms with Crippen molar-refractivity contribution in [2.45, 2.75) is 25.1 Å². The molecule has 2 aromatic rings. The highest BCUT2D eigenvalue weighted by atomic mass is 32.2. The van der Waals surface area contributed by atoms with Crippen molar-refractivity contribution >= 4 is 28.8 Å². The first-order valence-electron chi connectivity index (χ1n) is 5.71. The van der Waals surface area contributed by atoms with Crippen LogP contribution in [-0.2, 0) is 6.54 Å². The highest BCUT2D eigenvalue weighted by molar-refractivity contribution is 7.99. The van der Waals surface area contributed by atoms with E-state index in [1.807, 2.05) is 6.07 Å². The normalized spacial score (nSPS) is 12.8. The Hall–Kier alpha value is -1.56. The molecule has 6 heteroatoms. The fourth-order valence-corrected chi connectivity index (χ4v) is 2.09. The van der Waals surface area contributed by atoms with Gasteiger partial charge in [-0.1, -0.05) is 18.2 Å². The summed E-state index contributed by atoms with van der Waals surface area (Å²) in [7, 11) is 0. The minimum Gasteiger partial charge on any atom is -0.478 e. The van der Waals surface area contributed by atoms with Crippen LogP contribution >= 0.6 is 11.8 Å². The second-order valence-corrected chi connectivity index (χ2v) is 5.40. The average molecular weight is 265 g/mol. The summed E-state index contributed by atoms with van der Waals surface area (Å²) in [4.78, 5) is 11.1. The van der Waals surface area contributed by atoms with Crippen molar-refractivity contribution in [3.63, 3.8) is 0 Å². The van der Waals surface area contributed by atoms with Crippen LogP contribution in [0.2, 0.25) is 0 Å². The topological polar surface area (TPSA) is 68.0 Å². The molecule has 0 aliphatic heterocycles. The lowest BCUT2D eigenvalue weighted by Gasteiger charge is -2.07. The number of nitrogens with zero attached hydrogens (tertiary/aromatic N) is 3. The highest BCUT2D eigenvalue weighted by Crippen LogP contribution is 2.18. The minimum absolute atomic E-state index is 0.205. The Morgan fingerprint density at radius 2 is 2.33 bits per heavy atom. The SMILES string of the molecule is CSC(C)CCn1nnc2c(C(=O)O)cccc21. The van der Waals surface area contributed by atoms with Gasteiger partial charge in [0.15, 0.2) is 0 Å². The third-order valence-electron chi connectivity index (χ3n) is 2.93. The van der Waals surface area contributed by atoms with Crippen LogP contribution in [0.25, 0.3) is 11.0 Å². The van der Waals surface area contributed by atoms with Crippen LogP contribution in [-0.4, -0.2) is 37.6 Å². The van der Waals surface area contributed by atoms with E-state index in [9.17, 15) is 4.79 Å². The maximum Gasteiger partial charge on any atom is 0.338 e. The zero-order valence-electron chi connectivity index (χ0n) is 10.3. The predicted molar refractivity (Wildman–Crippen MR) is 72.1 cm³/mol. The van der Waals surface area contributed by atoms with Gasteiger partial charge in [0.1, 0.15) is 5.52 Å². The summed E-state index contributed by atoms with van der Waals surface area (Å²) in [5.74, 6) is -0.967. The molecular formula is C12H15N3O2S. The largest absolute Gasteiger partial charge is 0.478 e. The lowest BCUT2D eigenvalue weighted by atomic mass is 10.2. The molecule has 0 aliphatic carbocycles. The minimum atomic E-state index is -0.967. The lowest BCUT2D eigenvalue weighted by Crippen LogP contribution is -2.06. The number of thioether (sulfide) groups is 1. The van der Waals surface area contributed by atoms with E-state index >= 15 is 0 Å². The first kappa shape index (κ1) is 12.9. The Morgan fingerprint density at radius 1 is 1.56 bits per heavy atom. The number of hydrogen-bond donors (Lipinski definition) is 1. The molecule has 0 spiro atoms. The first-order valence-corrected chi connectivity index (χ1v) is 7.00. The van der Waals surface area contributed by atoms with Gasteiger partial charge in [0.05, 0.1) is 11.1 Å². The molecule has 1 N–H and O–H groups in total. The Morgan fingerprint density at radius 3 is 3.00 bits per heavy atom. The summed E-state index contributed by atoms with van der Waals surface area (Å²) in [5.41, 5.74) is 1.45. The van der Waals surface area contributed by atoms with Crippen molar-refractivity contribution in [3.05, 3.63) is 23.8 Å². The highest BCUT2D eigenvalue weighted by Gasteiger charge is 2.13. The van der Waals surface area contributed by atoms with Crippen molar-refractivity contribution in [1.82, 2.24) is 15.0 Å². The second kappa shape index (κ2) is 5.39. The fourth-order valence-electron chi connectivity index (χ4n) is 1.75. The summed E-state index contributed by atoms with van der Waals surface area (Å²) in [6.07, 6.45) is 3.06. The van der Waals surface area contributed by atoms with Crippen LogP contribution in [0.4, 0.5) is 0 Å². The van der Waals surface area contributed by atoms with Gasteiger partial charge in [0, 0.05) is 11.8 Å². The molecular weight excluding hydrogens is 250 g/mol. The number of rotatable bonds is 5. The van der Waals surface area contributed by atoms with Crippen molar-refractivity contribution in [3.8, 4) is 0 Å². The molecule has 1 atom stereocenters. The Labute approximate surface area is 109 Å². The van der Waals surface area contributed by atoms with Gasteiger partial charge in [0.25, 0.3) is 0 Å². The number of hydrogen-bond acceptors (Lipinski definition) is 4. The van der Waals surface area contributed by atoms with Crippen molar-refractivity contribution in [2.24, 2.45) is 0 Å². The zero-order valence-corrected chi connectivity index (χ0v) is 11.1. The lowest BCUT2D eigenvalue weighted by molar-refractivity contribution is 0.0699. The molecule has 2 rings (SSSR count). The molecule has 18 heavy (non-hydrogen) atoms. The number of benzene rings is 1. The molecule has 0 fully saturated rings.